The molecule has 0 N–H and O–H groups in total. The van der Waals surface area contributed by atoms with Crippen molar-refractivity contribution in [3.63, 3.8) is 0 Å². The fourth-order valence-electron chi connectivity index (χ4n) is 4.80. The number of aromatic nitrogens is 3. The van der Waals surface area contributed by atoms with E-state index in [2.05, 4.69) is 16.2 Å². The standard InChI is InChI=1S/C31H24F3N7O2/c1-3-39(30(42)43-19-22-8-5-4-6-9-22)28-37-29-40(25-11-7-10-24(16-25)31(32,33)34)20(2)26(18-36)27(41(29)38-28)23-14-12-21(17-35)13-15-23/h4-16,27H,3,19H2,1-2H3. The molecule has 1 aromatic heterocycles. The molecule has 1 atom stereocenters. The van der Waals surface area contributed by atoms with Gasteiger partial charge in [-0.15, -0.1) is 5.10 Å². The highest BCUT2D eigenvalue weighted by Crippen LogP contribution is 2.43. The number of carbonyl (C=O) groups excluding carboxylic acids is 1. The van der Waals surface area contributed by atoms with E-state index in [9.17, 15) is 28.5 Å². The van der Waals surface area contributed by atoms with Crippen LogP contribution >= 0.6 is 0 Å². The predicted octanol–water partition coefficient (Wildman–Crippen LogP) is 6.87. The van der Waals surface area contributed by atoms with Crippen molar-refractivity contribution in [2.24, 2.45) is 0 Å². The van der Waals surface area contributed by atoms with Crippen molar-refractivity contribution in [2.75, 3.05) is 16.3 Å². The van der Waals surface area contributed by atoms with Crippen molar-refractivity contribution in [3.05, 3.63) is 112 Å². The highest BCUT2D eigenvalue weighted by atomic mass is 19.4. The zero-order chi connectivity index (χ0) is 30.7. The molecule has 0 aliphatic carbocycles. The first-order chi connectivity index (χ1) is 20.7. The van der Waals surface area contributed by atoms with Crippen molar-refractivity contribution >= 4 is 23.7 Å². The lowest BCUT2D eigenvalue weighted by molar-refractivity contribution is -0.137. The van der Waals surface area contributed by atoms with Gasteiger partial charge in [0.15, 0.2) is 0 Å². The molecule has 0 fully saturated rings. The highest BCUT2D eigenvalue weighted by Gasteiger charge is 2.38. The first kappa shape index (κ1) is 28.9. The lowest BCUT2D eigenvalue weighted by Gasteiger charge is -2.34. The number of alkyl halides is 3. The Morgan fingerprint density at radius 1 is 1.02 bits per heavy atom. The summed E-state index contributed by atoms with van der Waals surface area (Å²) >= 11 is 0. The number of ether oxygens (including phenoxy) is 1. The number of nitriles is 2. The maximum absolute atomic E-state index is 13.7. The van der Waals surface area contributed by atoms with E-state index in [4.69, 9.17) is 4.74 Å². The Bertz CT molecular complexity index is 1770. The Hall–Kier alpha value is -5.62. The van der Waals surface area contributed by atoms with Gasteiger partial charge in [-0.05, 0) is 55.3 Å². The summed E-state index contributed by atoms with van der Waals surface area (Å²) in [6.07, 6.45) is -5.33. The number of fused-ring (bicyclic) bond motifs is 1. The second-order valence-corrected chi connectivity index (χ2v) is 9.57. The molecule has 1 aliphatic heterocycles. The van der Waals surface area contributed by atoms with Gasteiger partial charge in [0.05, 0.1) is 28.8 Å². The zero-order valence-electron chi connectivity index (χ0n) is 23.1. The summed E-state index contributed by atoms with van der Waals surface area (Å²) in [6.45, 7) is 3.45. The van der Waals surface area contributed by atoms with Crippen LogP contribution in [0.4, 0.5) is 35.5 Å². The van der Waals surface area contributed by atoms with Crippen LogP contribution in [0.2, 0.25) is 0 Å². The molecule has 1 unspecified atom stereocenters. The van der Waals surface area contributed by atoms with Crippen molar-refractivity contribution < 1.29 is 22.7 Å². The first-order valence-corrected chi connectivity index (χ1v) is 13.2. The second-order valence-electron chi connectivity index (χ2n) is 9.57. The van der Waals surface area contributed by atoms with E-state index in [1.54, 1.807) is 38.1 Å². The second kappa shape index (κ2) is 11.7. The molecular formula is C31H24F3N7O2. The SMILES string of the molecule is CCN(C(=O)OCc1ccccc1)c1nc2n(n1)C(c1ccc(C#N)cc1)C(C#N)=C(C)N2c1cccc(C(F)(F)F)c1. The number of hydrogen-bond acceptors (Lipinski definition) is 7. The van der Waals surface area contributed by atoms with Crippen LogP contribution in [0.25, 0.3) is 0 Å². The average Bonchev–Trinajstić information content (AvgIpc) is 3.44. The summed E-state index contributed by atoms with van der Waals surface area (Å²) < 4.78 is 47.9. The van der Waals surface area contributed by atoms with E-state index in [-0.39, 0.29) is 36.3 Å². The maximum Gasteiger partial charge on any atom is 0.417 e. The molecule has 0 bridgehead atoms. The number of nitrogens with zero attached hydrogens (tertiary/aromatic N) is 7. The van der Waals surface area contributed by atoms with Crippen molar-refractivity contribution in [3.8, 4) is 12.1 Å². The normalized spacial score (nSPS) is 14.5. The Labute approximate surface area is 245 Å². The quantitative estimate of drug-likeness (QED) is 0.244. The molecule has 1 aliphatic rings. The third-order valence-corrected chi connectivity index (χ3v) is 6.94. The minimum Gasteiger partial charge on any atom is -0.444 e. The summed E-state index contributed by atoms with van der Waals surface area (Å²) in [5, 5.41) is 24.1. The van der Waals surface area contributed by atoms with Gasteiger partial charge in [0.1, 0.15) is 12.6 Å². The van der Waals surface area contributed by atoms with Crippen LogP contribution in [0.5, 0.6) is 0 Å². The van der Waals surface area contributed by atoms with E-state index >= 15 is 0 Å². The number of benzene rings is 3. The summed E-state index contributed by atoms with van der Waals surface area (Å²) in [5.41, 5.74) is 1.52. The first-order valence-electron chi connectivity index (χ1n) is 13.2. The van der Waals surface area contributed by atoms with Gasteiger partial charge in [-0.3, -0.25) is 4.90 Å². The molecule has 0 radical (unpaired) electrons. The van der Waals surface area contributed by atoms with Crippen molar-refractivity contribution in [1.82, 2.24) is 14.8 Å². The maximum atomic E-state index is 13.7. The van der Waals surface area contributed by atoms with Gasteiger partial charge < -0.3 is 4.74 Å². The Morgan fingerprint density at radius 3 is 2.37 bits per heavy atom. The number of anilines is 3. The van der Waals surface area contributed by atoms with E-state index < -0.39 is 23.9 Å². The van der Waals surface area contributed by atoms with Crippen LogP contribution < -0.4 is 9.80 Å². The third kappa shape index (κ3) is 5.63. The van der Waals surface area contributed by atoms with E-state index in [0.717, 1.165) is 17.7 Å². The van der Waals surface area contributed by atoms with Gasteiger partial charge in [-0.1, -0.05) is 48.5 Å². The molecule has 0 saturated heterocycles. The molecule has 1 amide bonds. The lowest BCUT2D eigenvalue weighted by atomic mass is 9.95. The van der Waals surface area contributed by atoms with Gasteiger partial charge in [0.2, 0.25) is 5.95 Å². The van der Waals surface area contributed by atoms with Gasteiger partial charge in [-0.25, -0.2) is 14.4 Å². The lowest BCUT2D eigenvalue weighted by Crippen LogP contribution is -2.32. The van der Waals surface area contributed by atoms with E-state index in [1.807, 2.05) is 36.4 Å². The molecule has 0 saturated carbocycles. The van der Waals surface area contributed by atoms with Crippen LogP contribution in [0.1, 0.15) is 42.1 Å². The van der Waals surface area contributed by atoms with Gasteiger partial charge >= 0.3 is 12.3 Å². The Kier molecular flexibility index (Phi) is 7.86. The summed E-state index contributed by atoms with van der Waals surface area (Å²) in [4.78, 5) is 20.4. The van der Waals surface area contributed by atoms with Crippen LogP contribution in [0, 0.1) is 22.7 Å². The smallest absolute Gasteiger partial charge is 0.417 e. The van der Waals surface area contributed by atoms with E-state index in [1.165, 1.54) is 26.6 Å². The molecule has 12 heteroatoms. The molecule has 2 heterocycles. The number of carbonyl (C=O) groups is 1. The summed E-state index contributed by atoms with van der Waals surface area (Å²) in [6, 6.07) is 23.7. The van der Waals surface area contributed by atoms with Crippen LogP contribution in [0.15, 0.2) is 90.1 Å². The summed E-state index contributed by atoms with van der Waals surface area (Å²) in [5.74, 6) is 0.0349. The fourth-order valence-corrected chi connectivity index (χ4v) is 4.80. The third-order valence-electron chi connectivity index (χ3n) is 6.94. The van der Waals surface area contributed by atoms with Crippen LogP contribution in [0.3, 0.4) is 0 Å². The highest BCUT2D eigenvalue weighted by molar-refractivity contribution is 5.85. The molecular weight excluding hydrogens is 559 g/mol. The molecule has 0 spiro atoms. The zero-order valence-corrected chi connectivity index (χ0v) is 23.1. The predicted molar refractivity (Wildman–Crippen MR) is 151 cm³/mol. The minimum atomic E-state index is -4.60. The van der Waals surface area contributed by atoms with Gasteiger partial charge in [0, 0.05) is 17.9 Å². The molecule has 3 aromatic carbocycles. The molecule has 9 nitrogen and oxygen atoms in total. The molecule has 5 rings (SSSR count). The minimum absolute atomic E-state index is 0.00715. The average molecular weight is 584 g/mol. The van der Waals surface area contributed by atoms with Crippen molar-refractivity contribution in [2.45, 2.75) is 32.7 Å². The number of amides is 1. The number of rotatable bonds is 6. The summed E-state index contributed by atoms with van der Waals surface area (Å²) in [7, 11) is 0. The monoisotopic (exact) mass is 583 g/mol. The molecule has 43 heavy (non-hydrogen) atoms. The van der Waals surface area contributed by atoms with Crippen LogP contribution in [-0.4, -0.2) is 27.4 Å². The Balaban J connectivity index is 1.63. The van der Waals surface area contributed by atoms with Gasteiger partial charge in [-0.2, -0.15) is 28.7 Å². The molecule has 4 aromatic rings. The van der Waals surface area contributed by atoms with E-state index in [0.29, 0.717) is 16.8 Å². The number of allylic oxidation sites excluding steroid dienone is 2. The topological polar surface area (TPSA) is 111 Å². The molecule has 216 valence electrons. The Morgan fingerprint density at radius 2 is 1.74 bits per heavy atom. The number of halogens is 3. The largest absolute Gasteiger partial charge is 0.444 e. The van der Waals surface area contributed by atoms with Crippen molar-refractivity contribution in [1.29, 1.82) is 10.5 Å². The fraction of sp³-hybridized carbons (Fsp3) is 0.194. The van der Waals surface area contributed by atoms with Gasteiger partial charge in [0.25, 0.3) is 5.95 Å². The number of hydrogen-bond donors (Lipinski definition) is 0. The van der Waals surface area contributed by atoms with Crippen LogP contribution in [-0.2, 0) is 17.5 Å².